The second-order valence-corrected chi connectivity index (χ2v) is 8.62. The lowest BCUT2D eigenvalue weighted by atomic mass is 9.94. The first-order valence-electron chi connectivity index (χ1n) is 12.2. The number of methoxy groups -OCH3 is 1. The fourth-order valence-corrected chi connectivity index (χ4v) is 4.39. The highest BCUT2D eigenvalue weighted by molar-refractivity contribution is 6.46. The van der Waals surface area contributed by atoms with Crippen LogP contribution in [0.1, 0.15) is 49.9 Å². The van der Waals surface area contributed by atoms with Gasteiger partial charge >= 0.3 is 0 Å². The van der Waals surface area contributed by atoms with Crippen molar-refractivity contribution in [1.82, 2.24) is 9.80 Å². The van der Waals surface area contributed by atoms with E-state index in [1.807, 2.05) is 38.1 Å². The fraction of sp³-hybridized carbons (Fsp3) is 0.429. The molecule has 1 aliphatic rings. The average Bonchev–Trinajstić information content (AvgIpc) is 3.12. The van der Waals surface area contributed by atoms with Crippen molar-refractivity contribution in [3.63, 3.8) is 0 Å². The SMILES string of the molecule is CCCOc1ccc(C2C(=C(O)c3ccc(OC)c(C)c3)C(=O)C(=O)N2CCN(CC)CC)cc1. The quantitative estimate of drug-likeness (QED) is 0.289. The summed E-state index contributed by atoms with van der Waals surface area (Å²) in [6.07, 6.45) is 0.897. The first kappa shape index (κ1) is 26.3. The Balaban J connectivity index is 2.07. The predicted octanol–water partition coefficient (Wildman–Crippen LogP) is 4.56. The van der Waals surface area contributed by atoms with Crippen molar-refractivity contribution in [2.45, 2.75) is 40.2 Å². The Morgan fingerprint density at radius 2 is 1.74 bits per heavy atom. The summed E-state index contributed by atoms with van der Waals surface area (Å²) >= 11 is 0. The first-order valence-corrected chi connectivity index (χ1v) is 12.2. The van der Waals surface area contributed by atoms with Crippen LogP contribution in [0.3, 0.4) is 0 Å². The van der Waals surface area contributed by atoms with Gasteiger partial charge in [-0.3, -0.25) is 9.59 Å². The largest absolute Gasteiger partial charge is 0.507 e. The Kier molecular flexibility index (Phi) is 8.93. The van der Waals surface area contributed by atoms with Crippen molar-refractivity contribution in [3.05, 3.63) is 64.7 Å². The number of benzene rings is 2. The molecule has 188 valence electrons. The normalized spacial score (nSPS) is 17.3. The minimum absolute atomic E-state index is 0.0985. The maximum absolute atomic E-state index is 13.2. The highest BCUT2D eigenvalue weighted by atomic mass is 16.5. The van der Waals surface area contributed by atoms with Crippen molar-refractivity contribution >= 4 is 17.4 Å². The summed E-state index contributed by atoms with van der Waals surface area (Å²) in [6, 6.07) is 11.9. The Hall–Kier alpha value is -3.32. The number of hydrogen-bond donors (Lipinski definition) is 1. The van der Waals surface area contributed by atoms with E-state index in [9.17, 15) is 14.7 Å². The summed E-state index contributed by atoms with van der Waals surface area (Å²) in [5.41, 5.74) is 2.14. The molecule has 0 radical (unpaired) electrons. The number of aryl methyl sites for hydroxylation is 1. The number of ether oxygens (including phenoxy) is 2. The van der Waals surface area contributed by atoms with Crippen LogP contribution in [-0.4, -0.2) is 66.5 Å². The van der Waals surface area contributed by atoms with E-state index in [2.05, 4.69) is 18.7 Å². The molecule has 2 aromatic carbocycles. The summed E-state index contributed by atoms with van der Waals surface area (Å²) in [7, 11) is 1.58. The Labute approximate surface area is 207 Å². The zero-order valence-corrected chi connectivity index (χ0v) is 21.3. The van der Waals surface area contributed by atoms with Gasteiger partial charge in [0.05, 0.1) is 25.3 Å². The molecule has 1 aliphatic heterocycles. The molecule has 1 fully saturated rings. The van der Waals surface area contributed by atoms with E-state index in [4.69, 9.17) is 9.47 Å². The number of likely N-dealkylation sites (N-methyl/N-ethyl adjacent to an activating group) is 1. The number of carbonyl (C=O) groups excluding carboxylic acids is 2. The molecule has 0 saturated carbocycles. The molecule has 1 N–H and O–H groups in total. The predicted molar refractivity (Wildman–Crippen MR) is 137 cm³/mol. The van der Waals surface area contributed by atoms with Gasteiger partial charge in [0, 0.05) is 18.7 Å². The van der Waals surface area contributed by atoms with Gasteiger partial charge in [-0.25, -0.2) is 0 Å². The molecule has 35 heavy (non-hydrogen) atoms. The van der Waals surface area contributed by atoms with Gasteiger partial charge in [0.15, 0.2) is 0 Å². The maximum Gasteiger partial charge on any atom is 0.295 e. The molecule has 0 aliphatic carbocycles. The number of hydrogen-bond acceptors (Lipinski definition) is 6. The molecule has 1 heterocycles. The van der Waals surface area contributed by atoms with E-state index < -0.39 is 17.7 Å². The van der Waals surface area contributed by atoms with Crippen molar-refractivity contribution in [1.29, 1.82) is 0 Å². The third-order valence-electron chi connectivity index (χ3n) is 6.43. The van der Waals surface area contributed by atoms with Crippen LogP contribution in [0.25, 0.3) is 5.76 Å². The molecular formula is C28H36N2O5. The molecule has 0 bridgehead atoms. The van der Waals surface area contributed by atoms with Crippen LogP contribution in [0, 0.1) is 6.92 Å². The molecule has 1 saturated heterocycles. The molecule has 1 amide bonds. The monoisotopic (exact) mass is 480 g/mol. The minimum Gasteiger partial charge on any atom is -0.507 e. The van der Waals surface area contributed by atoms with E-state index in [1.165, 1.54) is 0 Å². The number of Topliss-reactive ketones (excluding diaryl/α,β-unsaturated/α-hetero) is 1. The van der Waals surface area contributed by atoms with Gasteiger partial charge in [-0.05, 0) is 67.9 Å². The van der Waals surface area contributed by atoms with E-state index in [0.717, 1.165) is 36.4 Å². The lowest BCUT2D eigenvalue weighted by molar-refractivity contribution is -0.140. The average molecular weight is 481 g/mol. The molecule has 7 nitrogen and oxygen atoms in total. The molecule has 2 aromatic rings. The number of aliphatic hydroxyl groups excluding tert-OH is 1. The molecule has 0 spiro atoms. The topological polar surface area (TPSA) is 79.3 Å². The van der Waals surface area contributed by atoms with Crippen LogP contribution in [0.2, 0.25) is 0 Å². The van der Waals surface area contributed by atoms with Crippen LogP contribution in [-0.2, 0) is 9.59 Å². The van der Waals surface area contributed by atoms with E-state index >= 15 is 0 Å². The van der Waals surface area contributed by atoms with E-state index in [-0.39, 0.29) is 11.3 Å². The smallest absolute Gasteiger partial charge is 0.295 e. The van der Waals surface area contributed by atoms with Crippen molar-refractivity contribution in [2.75, 3.05) is 39.9 Å². The van der Waals surface area contributed by atoms with Crippen molar-refractivity contribution in [2.24, 2.45) is 0 Å². The second kappa shape index (κ2) is 11.9. The van der Waals surface area contributed by atoms with Gasteiger partial charge in [0.2, 0.25) is 0 Å². The molecular weight excluding hydrogens is 444 g/mol. The number of rotatable bonds is 11. The number of aliphatic hydroxyl groups is 1. The maximum atomic E-state index is 13.2. The molecule has 1 atom stereocenters. The van der Waals surface area contributed by atoms with Gasteiger partial charge in [0.25, 0.3) is 11.7 Å². The highest BCUT2D eigenvalue weighted by Crippen LogP contribution is 2.40. The van der Waals surface area contributed by atoms with Crippen LogP contribution in [0.4, 0.5) is 0 Å². The Bertz CT molecular complexity index is 1070. The minimum atomic E-state index is -0.687. The van der Waals surface area contributed by atoms with Crippen LogP contribution < -0.4 is 9.47 Å². The summed E-state index contributed by atoms with van der Waals surface area (Å²) in [5, 5.41) is 11.3. The molecule has 3 rings (SSSR count). The van der Waals surface area contributed by atoms with Crippen molar-refractivity contribution in [3.8, 4) is 11.5 Å². The summed E-state index contributed by atoms with van der Waals surface area (Å²) in [5.74, 6) is -0.0512. The Morgan fingerprint density at radius 1 is 1.06 bits per heavy atom. The number of ketones is 1. The van der Waals surface area contributed by atoms with Gasteiger partial charge in [-0.15, -0.1) is 0 Å². The third kappa shape index (κ3) is 5.68. The third-order valence-corrected chi connectivity index (χ3v) is 6.43. The standard InChI is InChI=1S/C28H36N2O5/c1-6-17-35-22-12-9-20(10-13-22)25-24(26(31)21-11-14-23(34-5)19(4)18-21)27(32)28(33)30(25)16-15-29(7-2)8-3/h9-14,18,25,31H,6-8,15-17H2,1-5H3. The van der Waals surface area contributed by atoms with Crippen LogP contribution >= 0.6 is 0 Å². The van der Waals surface area contributed by atoms with E-state index in [1.54, 1.807) is 30.2 Å². The lowest BCUT2D eigenvalue weighted by Crippen LogP contribution is -2.38. The molecule has 7 heteroatoms. The van der Waals surface area contributed by atoms with Gasteiger partial charge < -0.3 is 24.4 Å². The number of nitrogens with zero attached hydrogens (tertiary/aromatic N) is 2. The number of amides is 1. The van der Waals surface area contributed by atoms with Crippen LogP contribution in [0.15, 0.2) is 48.0 Å². The highest BCUT2D eigenvalue weighted by Gasteiger charge is 2.46. The van der Waals surface area contributed by atoms with Crippen molar-refractivity contribution < 1.29 is 24.2 Å². The number of carbonyl (C=O) groups is 2. The zero-order valence-electron chi connectivity index (χ0n) is 21.3. The fourth-order valence-electron chi connectivity index (χ4n) is 4.39. The van der Waals surface area contributed by atoms with Crippen LogP contribution in [0.5, 0.6) is 11.5 Å². The van der Waals surface area contributed by atoms with Gasteiger partial charge in [-0.2, -0.15) is 0 Å². The van der Waals surface area contributed by atoms with Gasteiger partial charge in [-0.1, -0.05) is 32.9 Å². The number of likely N-dealkylation sites (tertiary alicyclic amines) is 1. The molecule has 0 aromatic heterocycles. The summed E-state index contributed by atoms with van der Waals surface area (Å²) in [6.45, 7) is 11.4. The zero-order chi connectivity index (χ0) is 25.5. The molecule has 1 unspecified atom stereocenters. The van der Waals surface area contributed by atoms with E-state index in [0.29, 0.717) is 31.0 Å². The summed E-state index contributed by atoms with van der Waals surface area (Å²) < 4.78 is 11.0. The summed E-state index contributed by atoms with van der Waals surface area (Å²) in [4.78, 5) is 30.2. The Morgan fingerprint density at radius 3 is 2.31 bits per heavy atom. The lowest BCUT2D eigenvalue weighted by Gasteiger charge is -2.28. The second-order valence-electron chi connectivity index (χ2n) is 8.62. The van der Waals surface area contributed by atoms with Gasteiger partial charge in [0.1, 0.15) is 17.3 Å². The first-order chi connectivity index (χ1) is 16.9.